The summed E-state index contributed by atoms with van der Waals surface area (Å²) >= 11 is 0. The number of aliphatic hydroxyl groups is 1. The number of nitrogens with zero attached hydrogens (tertiary/aromatic N) is 1. The van der Waals surface area contributed by atoms with Crippen molar-refractivity contribution in [3.05, 3.63) is 23.3 Å². The first-order chi connectivity index (χ1) is 9.11. The average Bonchev–Trinajstić information content (AvgIpc) is 2.56. The van der Waals surface area contributed by atoms with Gasteiger partial charge in [0.2, 0.25) is 0 Å². The van der Waals surface area contributed by atoms with Crippen molar-refractivity contribution in [2.75, 3.05) is 31.6 Å². The molecule has 1 aromatic rings. The number of anilines is 1. The Hall–Kier alpha value is -1.26. The van der Waals surface area contributed by atoms with Gasteiger partial charge in [-0.05, 0) is 30.0 Å². The fourth-order valence-corrected chi connectivity index (χ4v) is 3.09. The third-order valence-electron chi connectivity index (χ3n) is 4.34. The van der Waals surface area contributed by atoms with Crippen LogP contribution in [0.15, 0.2) is 12.1 Å². The highest BCUT2D eigenvalue weighted by Gasteiger charge is 2.31. The van der Waals surface area contributed by atoms with Crippen LogP contribution in [0.1, 0.15) is 24.0 Å². The van der Waals surface area contributed by atoms with Crippen LogP contribution in [0.3, 0.4) is 0 Å². The molecule has 3 N–H and O–H groups in total. The van der Waals surface area contributed by atoms with Gasteiger partial charge in [-0.15, -0.1) is 0 Å². The van der Waals surface area contributed by atoms with E-state index in [1.807, 2.05) is 0 Å². The van der Waals surface area contributed by atoms with E-state index in [2.05, 4.69) is 24.1 Å². The van der Waals surface area contributed by atoms with E-state index in [1.165, 1.54) is 17.7 Å². The average molecular weight is 262 g/mol. The third kappa shape index (κ3) is 2.30. The zero-order chi connectivity index (χ0) is 13.5. The molecule has 2 aliphatic heterocycles. The van der Waals surface area contributed by atoms with Crippen molar-refractivity contribution in [1.29, 1.82) is 0 Å². The Balaban J connectivity index is 2.01. The predicted octanol–water partition coefficient (Wildman–Crippen LogP) is 1.08. The summed E-state index contributed by atoms with van der Waals surface area (Å²) in [5.41, 5.74) is 8.61. The van der Waals surface area contributed by atoms with Gasteiger partial charge >= 0.3 is 0 Å². The molecule has 4 heteroatoms. The van der Waals surface area contributed by atoms with Crippen molar-refractivity contribution >= 4 is 5.69 Å². The van der Waals surface area contributed by atoms with Gasteiger partial charge in [-0.25, -0.2) is 0 Å². The maximum Gasteiger partial charge on any atom is 0.124 e. The molecule has 19 heavy (non-hydrogen) atoms. The lowest BCUT2D eigenvalue weighted by atomic mass is 9.90. The fraction of sp³-hybridized carbons (Fsp3) is 0.600. The second-order valence-corrected chi connectivity index (χ2v) is 5.82. The number of rotatable bonds is 1. The van der Waals surface area contributed by atoms with Crippen molar-refractivity contribution in [2.24, 2.45) is 5.73 Å². The van der Waals surface area contributed by atoms with Gasteiger partial charge in [-0.2, -0.15) is 0 Å². The van der Waals surface area contributed by atoms with Crippen molar-refractivity contribution in [1.82, 2.24) is 0 Å². The number of aryl methyl sites for hydroxylation is 1. The van der Waals surface area contributed by atoms with Gasteiger partial charge in [-0.1, -0.05) is 0 Å². The Morgan fingerprint density at radius 3 is 3.05 bits per heavy atom. The molecule has 1 atom stereocenters. The number of fused-ring (bicyclic) bond motifs is 2. The number of hydrogen-bond donors (Lipinski definition) is 2. The smallest absolute Gasteiger partial charge is 0.124 e. The Morgan fingerprint density at radius 2 is 2.26 bits per heavy atom. The van der Waals surface area contributed by atoms with Crippen LogP contribution in [0.2, 0.25) is 0 Å². The molecular weight excluding hydrogens is 240 g/mol. The number of nitrogens with two attached hydrogens (primary N) is 1. The SMILES string of the molecule is CN1CCCc2cc3c(cc21)OCCC(O)(CN)C3. The summed E-state index contributed by atoms with van der Waals surface area (Å²) in [4.78, 5) is 2.28. The molecule has 1 unspecified atom stereocenters. The lowest BCUT2D eigenvalue weighted by Gasteiger charge is -2.29. The minimum atomic E-state index is -0.819. The summed E-state index contributed by atoms with van der Waals surface area (Å²) in [5, 5.41) is 10.4. The van der Waals surface area contributed by atoms with Gasteiger partial charge in [0.25, 0.3) is 0 Å². The molecule has 0 saturated heterocycles. The molecular formula is C15H22N2O2. The minimum absolute atomic E-state index is 0.285. The maximum absolute atomic E-state index is 10.4. The lowest BCUT2D eigenvalue weighted by molar-refractivity contribution is 0.0346. The van der Waals surface area contributed by atoms with Crippen molar-refractivity contribution in [3.63, 3.8) is 0 Å². The van der Waals surface area contributed by atoms with Crippen LogP contribution in [0.5, 0.6) is 5.75 Å². The standard InChI is InChI=1S/C15H22N2O2/c1-17-5-2-3-11-7-12-9-15(18,10-16)4-6-19-14(12)8-13(11)17/h7-8,18H,2-6,9-10,16H2,1H3. The maximum atomic E-state index is 10.4. The monoisotopic (exact) mass is 262 g/mol. The van der Waals surface area contributed by atoms with Crippen LogP contribution in [0.4, 0.5) is 5.69 Å². The molecule has 2 heterocycles. The lowest BCUT2D eigenvalue weighted by Crippen LogP contribution is -2.40. The Morgan fingerprint density at radius 1 is 1.42 bits per heavy atom. The van der Waals surface area contributed by atoms with Gasteiger partial charge in [0.05, 0.1) is 12.2 Å². The van der Waals surface area contributed by atoms with Crippen molar-refractivity contribution in [2.45, 2.75) is 31.3 Å². The van der Waals surface area contributed by atoms with Gasteiger partial charge in [-0.3, -0.25) is 0 Å². The summed E-state index contributed by atoms with van der Waals surface area (Å²) in [7, 11) is 2.12. The zero-order valence-corrected chi connectivity index (χ0v) is 11.5. The quantitative estimate of drug-likeness (QED) is 0.795. The van der Waals surface area contributed by atoms with Crippen molar-refractivity contribution in [3.8, 4) is 5.75 Å². The first-order valence-electron chi connectivity index (χ1n) is 7.03. The molecule has 2 aliphatic rings. The highest BCUT2D eigenvalue weighted by Crippen LogP contribution is 2.36. The van der Waals surface area contributed by atoms with Crippen LogP contribution in [0, 0.1) is 0 Å². The zero-order valence-electron chi connectivity index (χ0n) is 11.5. The Kier molecular flexibility index (Phi) is 3.15. The first kappa shape index (κ1) is 12.8. The number of benzene rings is 1. The van der Waals surface area contributed by atoms with Gasteiger partial charge < -0.3 is 20.5 Å². The highest BCUT2D eigenvalue weighted by molar-refractivity contribution is 5.61. The molecule has 0 spiro atoms. The third-order valence-corrected chi connectivity index (χ3v) is 4.34. The highest BCUT2D eigenvalue weighted by atomic mass is 16.5. The van der Waals surface area contributed by atoms with Crippen LogP contribution >= 0.6 is 0 Å². The molecule has 0 bridgehead atoms. The van der Waals surface area contributed by atoms with Gasteiger partial charge in [0.1, 0.15) is 5.75 Å². The van der Waals surface area contributed by atoms with Gasteiger partial charge in [0, 0.05) is 44.7 Å². The second-order valence-electron chi connectivity index (χ2n) is 5.82. The molecule has 4 nitrogen and oxygen atoms in total. The van der Waals surface area contributed by atoms with E-state index in [-0.39, 0.29) is 6.54 Å². The Labute approximate surface area is 114 Å². The van der Waals surface area contributed by atoms with Crippen LogP contribution in [-0.4, -0.2) is 37.5 Å². The van der Waals surface area contributed by atoms with Gasteiger partial charge in [0.15, 0.2) is 0 Å². The molecule has 0 fully saturated rings. The summed E-state index contributed by atoms with van der Waals surface area (Å²) < 4.78 is 5.82. The number of ether oxygens (including phenoxy) is 1. The molecule has 3 rings (SSSR count). The molecule has 104 valence electrons. The largest absolute Gasteiger partial charge is 0.493 e. The van der Waals surface area contributed by atoms with E-state index >= 15 is 0 Å². The Bertz CT molecular complexity index is 489. The molecule has 1 aromatic carbocycles. The second kappa shape index (κ2) is 4.69. The van der Waals surface area contributed by atoms with Crippen molar-refractivity contribution < 1.29 is 9.84 Å². The molecule has 0 radical (unpaired) electrons. The van der Waals surface area contributed by atoms with E-state index < -0.39 is 5.60 Å². The van der Waals surface area contributed by atoms with E-state index in [1.54, 1.807) is 0 Å². The fourth-order valence-electron chi connectivity index (χ4n) is 3.09. The summed E-state index contributed by atoms with van der Waals surface area (Å²) in [6, 6.07) is 4.33. The topological polar surface area (TPSA) is 58.7 Å². The summed E-state index contributed by atoms with van der Waals surface area (Å²) in [6.07, 6.45) is 3.48. The molecule has 0 saturated carbocycles. The van der Waals surface area contributed by atoms with E-state index in [4.69, 9.17) is 10.5 Å². The van der Waals surface area contributed by atoms with Crippen LogP contribution in [0.25, 0.3) is 0 Å². The molecule has 0 amide bonds. The van der Waals surface area contributed by atoms with E-state index in [0.717, 1.165) is 24.3 Å². The minimum Gasteiger partial charge on any atom is -0.493 e. The normalized spacial score (nSPS) is 26.2. The molecule has 0 aromatic heterocycles. The number of hydrogen-bond acceptors (Lipinski definition) is 4. The van der Waals surface area contributed by atoms with E-state index in [9.17, 15) is 5.11 Å². The molecule has 0 aliphatic carbocycles. The van der Waals surface area contributed by atoms with Crippen LogP contribution in [-0.2, 0) is 12.8 Å². The van der Waals surface area contributed by atoms with Crippen LogP contribution < -0.4 is 15.4 Å². The summed E-state index contributed by atoms with van der Waals surface area (Å²) in [5.74, 6) is 0.914. The predicted molar refractivity (Wildman–Crippen MR) is 75.9 cm³/mol. The first-order valence-corrected chi connectivity index (χ1v) is 7.03. The van der Waals surface area contributed by atoms with E-state index in [0.29, 0.717) is 19.4 Å². The summed E-state index contributed by atoms with van der Waals surface area (Å²) in [6.45, 7) is 1.91.